The van der Waals surface area contributed by atoms with Gasteiger partial charge in [-0.2, -0.15) is 0 Å². The quantitative estimate of drug-likeness (QED) is 0.788. The number of aliphatic hydroxyl groups excluding tert-OH is 1. The highest BCUT2D eigenvalue weighted by Crippen LogP contribution is 2.18. The molecule has 2 rings (SSSR count). The van der Waals surface area contributed by atoms with Crippen LogP contribution in [0.3, 0.4) is 0 Å². The summed E-state index contributed by atoms with van der Waals surface area (Å²) in [6.07, 6.45) is 0. The highest BCUT2D eigenvalue weighted by atomic mass is 16.3. The van der Waals surface area contributed by atoms with Crippen molar-refractivity contribution < 1.29 is 9.90 Å². The van der Waals surface area contributed by atoms with Gasteiger partial charge in [-0.25, -0.2) is 9.48 Å². The maximum Gasteiger partial charge on any atom is 0.320 e. The van der Waals surface area contributed by atoms with Crippen LogP contribution in [-0.4, -0.2) is 33.6 Å². The van der Waals surface area contributed by atoms with E-state index in [1.54, 1.807) is 0 Å². The SMILES string of the molecule is Cc1cc(C)cc(-n2nc(NC(=O)NC(C)C(C)CO)cc2C)c1. The molecule has 130 valence electrons. The van der Waals surface area contributed by atoms with Gasteiger partial charge in [0.05, 0.1) is 5.69 Å². The fourth-order valence-corrected chi connectivity index (χ4v) is 2.53. The molecule has 0 saturated heterocycles. The standard InChI is InChI=1S/C18H26N4O2/c1-11-6-12(2)8-16(7-11)22-14(4)9-17(21-22)20-18(24)19-15(5)13(3)10-23/h6-9,13,15,23H,10H2,1-5H3,(H2,19,20,21,24). The van der Waals surface area contributed by atoms with Gasteiger partial charge in [0.2, 0.25) is 0 Å². The molecule has 3 N–H and O–H groups in total. The minimum Gasteiger partial charge on any atom is -0.396 e. The number of hydrogen-bond donors (Lipinski definition) is 3. The molecule has 0 spiro atoms. The van der Waals surface area contributed by atoms with E-state index in [1.807, 2.05) is 45.4 Å². The molecule has 2 amide bonds. The number of urea groups is 1. The fraction of sp³-hybridized carbons (Fsp3) is 0.444. The first-order chi connectivity index (χ1) is 11.3. The second-order valence-electron chi connectivity index (χ2n) is 6.48. The summed E-state index contributed by atoms with van der Waals surface area (Å²) in [6.45, 7) is 9.81. The van der Waals surface area contributed by atoms with Gasteiger partial charge in [0.25, 0.3) is 0 Å². The number of carbonyl (C=O) groups excluding carboxylic acids is 1. The molecule has 0 radical (unpaired) electrons. The highest BCUT2D eigenvalue weighted by Gasteiger charge is 2.15. The number of benzene rings is 1. The van der Waals surface area contributed by atoms with Crippen LogP contribution in [0.1, 0.15) is 30.7 Å². The first-order valence-electron chi connectivity index (χ1n) is 8.14. The molecule has 0 saturated carbocycles. The van der Waals surface area contributed by atoms with E-state index in [4.69, 9.17) is 5.11 Å². The van der Waals surface area contributed by atoms with Gasteiger partial charge in [-0.15, -0.1) is 5.10 Å². The van der Waals surface area contributed by atoms with Crippen molar-refractivity contribution in [2.75, 3.05) is 11.9 Å². The number of rotatable bonds is 5. The Labute approximate surface area is 142 Å². The van der Waals surface area contributed by atoms with Gasteiger partial charge in [-0.1, -0.05) is 13.0 Å². The number of aromatic nitrogens is 2. The van der Waals surface area contributed by atoms with Gasteiger partial charge in [-0.3, -0.25) is 5.32 Å². The molecule has 0 aliphatic rings. The Morgan fingerprint density at radius 2 is 1.79 bits per heavy atom. The Hall–Kier alpha value is -2.34. The van der Waals surface area contributed by atoms with Crippen LogP contribution in [0.4, 0.5) is 10.6 Å². The Morgan fingerprint density at radius 1 is 1.17 bits per heavy atom. The van der Waals surface area contributed by atoms with E-state index in [2.05, 4.69) is 33.9 Å². The first kappa shape index (κ1) is 18.0. The van der Waals surface area contributed by atoms with Gasteiger partial charge in [0.1, 0.15) is 0 Å². The molecular weight excluding hydrogens is 304 g/mol. The normalized spacial score (nSPS) is 13.4. The van der Waals surface area contributed by atoms with Crippen LogP contribution < -0.4 is 10.6 Å². The number of carbonyl (C=O) groups is 1. The van der Waals surface area contributed by atoms with Gasteiger partial charge < -0.3 is 10.4 Å². The van der Waals surface area contributed by atoms with Crippen LogP contribution in [0, 0.1) is 26.7 Å². The van der Waals surface area contributed by atoms with Gasteiger partial charge in [-0.05, 0) is 56.9 Å². The smallest absolute Gasteiger partial charge is 0.320 e. The summed E-state index contributed by atoms with van der Waals surface area (Å²) in [5.41, 5.74) is 4.24. The fourth-order valence-electron chi connectivity index (χ4n) is 2.53. The van der Waals surface area contributed by atoms with Crippen LogP contribution >= 0.6 is 0 Å². The van der Waals surface area contributed by atoms with Crippen LogP contribution in [0.5, 0.6) is 0 Å². The molecule has 6 nitrogen and oxygen atoms in total. The zero-order chi connectivity index (χ0) is 17.9. The van der Waals surface area contributed by atoms with Crippen molar-refractivity contribution >= 4 is 11.8 Å². The van der Waals surface area contributed by atoms with Crippen molar-refractivity contribution in [1.82, 2.24) is 15.1 Å². The van der Waals surface area contributed by atoms with Crippen molar-refractivity contribution in [3.05, 3.63) is 41.1 Å². The first-order valence-corrected chi connectivity index (χ1v) is 8.14. The van der Waals surface area contributed by atoms with Crippen LogP contribution in [0.2, 0.25) is 0 Å². The monoisotopic (exact) mass is 330 g/mol. The maximum atomic E-state index is 12.1. The van der Waals surface area contributed by atoms with E-state index >= 15 is 0 Å². The van der Waals surface area contributed by atoms with E-state index < -0.39 is 0 Å². The molecule has 0 aliphatic heterocycles. The molecule has 2 unspecified atom stereocenters. The Balaban J connectivity index is 2.12. The van der Waals surface area contributed by atoms with Crippen LogP contribution in [-0.2, 0) is 0 Å². The minimum atomic E-state index is -0.326. The summed E-state index contributed by atoms with van der Waals surface area (Å²) >= 11 is 0. The molecule has 0 aliphatic carbocycles. The Kier molecular flexibility index (Phi) is 5.62. The third-order valence-electron chi connectivity index (χ3n) is 4.08. The lowest BCUT2D eigenvalue weighted by Crippen LogP contribution is -2.40. The van der Waals surface area contributed by atoms with Crippen LogP contribution in [0.15, 0.2) is 24.3 Å². The van der Waals surface area contributed by atoms with E-state index in [0.29, 0.717) is 5.82 Å². The van der Waals surface area contributed by atoms with Crippen molar-refractivity contribution in [2.24, 2.45) is 5.92 Å². The van der Waals surface area contributed by atoms with E-state index in [1.165, 1.54) is 11.1 Å². The summed E-state index contributed by atoms with van der Waals surface area (Å²) in [5, 5.41) is 19.2. The van der Waals surface area contributed by atoms with Gasteiger partial charge in [0.15, 0.2) is 5.82 Å². The van der Waals surface area contributed by atoms with E-state index in [9.17, 15) is 4.79 Å². The lowest BCUT2D eigenvalue weighted by atomic mass is 10.1. The lowest BCUT2D eigenvalue weighted by molar-refractivity contribution is 0.204. The molecule has 1 aromatic carbocycles. The van der Waals surface area contributed by atoms with Gasteiger partial charge >= 0.3 is 6.03 Å². The number of hydrogen-bond acceptors (Lipinski definition) is 3. The predicted molar refractivity (Wildman–Crippen MR) is 95.6 cm³/mol. The minimum absolute atomic E-state index is 0.00897. The third kappa shape index (κ3) is 4.35. The number of nitrogens with zero attached hydrogens (tertiary/aromatic N) is 2. The predicted octanol–water partition coefficient (Wildman–Crippen LogP) is 2.94. The Morgan fingerprint density at radius 3 is 2.38 bits per heavy atom. The summed E-state index contributed by atoms with van der Waals surface area (Å²) < 4.78 is 1.81. The van der Waals surface area contributed by atoms with Crippen LogP contribution in [0.25, 0.3) is 5.69 Å². The average Bonchev–Trinajstić information content (AvgIpc) is 2.85. The molecule has 1 heterocycles. The topological polar surface area (TPSA) is 79.2 Å². The third-order valence-corrected chi connectivity index (χ3v) is 4.08. The number of nitrogens with one attached hydrogen (secondary N) is 2. The molecule has 0 bridgehead atoms. The number of aliphatic hydroxyl groups is 1. The maximum absolute atomic E-state index is 12.1. The number of aryl methyl sites for hydroxylation is 3. The van der Waals surface area contributed by atoms with Crippen molar-refractivity contribution in [3.63, 3.8) is 0 Å². The van der Waals surface area contributed by atoms with Crippen molar-refractivity contribution in [1.29, 1.82) is 0 Å². The lowest BCUT2D eigenvalue weighted by Gasteiger charge is -2.18. The summed E-state index contributed by atoms with van der Waals surface area (Å²) in [6, 6.07) is 7.60. The molecular formula is C18H26N4O2. The largest absolute Gasteiger partial charge is 0.396 e. The summed E-state index contributed by atoms with van der Waals surface area (Å²) in [7, 11) is 0. The zero-order valence-electron chi connectivity index (χ0n) is 14.9. The molecule has 1 aromatic heterocycles. The summed E-state index contributed by atoms with van der Waals surface area (Å²) in [5.74, 6) is 0.485. The average molecular weight is 330 g/mol. The van der Waals surface area contributed by atoms with Crippen molar-refractivity contribution in [3.8, 4) is 5.69 Å². The molecule has 2 aromatic rings. The highest BCUT2D eigenvalue weighted by molar-refractivity contribution is 5.88. The number of anilines is 1. The van der Waals surface area contributed by atoms with E-state index in [-0.39, 0.29) is 24.6 Å². The van der Waals surface area contributed by atoms with E-state index in [0.717, 1.165) is 11.4 Å². The molecule has 0 fully saturated rings. The zero-order valence-corrected chi connectivity index (χ0v) is 14.9. The second-order valence-corrected chi connectivity index (χ2v) is 6.48. The molecule has 24 heavy (non-hydrogen) atoms. The van der Waals surface area contributed by atoms with Gasteiger partial charge in [0, 0.05) is 24.4 Å². The van der Waals surface area contributed by atoms with Crippen molar-refractivity contribution in [2.45, 2.75) is 40.7 Å². The molecule has 2 atom stereocenters. The molecule has 6 heteroatoms. The number of amides is 2. The Bertz CT molecular complexity index is 704. The summed E-state index contributed by atoms with van der Waals surface area (Å²) in [4.78, 5) is 12.1. The second kappa shape index (κ2) is 7.49.